The normalized spacial score (nSPS) is 11.4. The predicted octanol–water partition coefficient (Wildman–Crippen LogP) is 2.66. The van der Waals surface area contributed by atoms with Crippen LogP contribution in [0, 0.1) is 6.92 Å². The first kappa shape index (κ1) is 18.6. The first-order chi connectivity index (χ1) is 11.4. The number of amides is 1. The Morgan fingerprint density at radius 2 is 2.04 bits per heavy atom. The van der Waals surface area contributed by atoms with Crippen LogP contribution in [0.3, 0.4) is 0 Å². The van der Waals surface area contributed by atoms with E-state index >= 15 is 0 Å². The molecule has 2 N–H and O–H groups in total. The Kier molecular flexibility index (Phi) is 6.51. The Bertz CT molecular complexity index is 764. The SMILES string of the molecule is CCCCCCNC(=O)c1sc2nc(CN(C)C)[nH]c(=O)c2c1C. The summed E-state index contributed by atoms with van der Waals surface area (Å²) in [5, 5.41) is 3.48. The van der Waals surface area contributed by atoms with Crippen molar-refractivity contribution in [1.82, 2.24) is 20.2 Å². The van der Waals surface area contributed by atoms with Crippen LogP contribution in [0.15, 0.2) is 4.79 Å². The summed E-state index contributed by atoms with van der Waals surface area (Å²) in [4.78, 5) is 35.2. The number of H-pyrrole nitrogens is 1. The van der Waals surface area contributed by atoms with Crippen molar-refractivity contribution in [1.29, 1.82) is 0 Å². The number of nitrogens with one attached hydrogen (secondary N) is 2. The highest BCUT2D eigenvalue weighted by atomic mass is 32.1. The fraction of sp³-hybridized carbons (Fsp3) is 0.588. The van der Waals surface area contributed by atoms with Gasteiger partial charge < -0.3 is 15.2 Å². The minimum absolute atomic E-state index is 0.111. The van der Waals surface area contributed by atoms with Crippen LogP contribution in [0.4, 0.5) is 0 Å². The molecule has 0 saturated heterocycles. The van der Waals surface area contributed by atoms with Gasteiger partial charge in [0.05, 0.1) is 16.8 Å². The molecule has 0 aliphatic heterocycles. The Labute approximate surface area is 146 Å². The summed E-state index contributed by atoms with van der Waals surface area (Å²) in [5.74, 6) is 0.505. The second kappa shape index (κ2) is 8.39. The lowest BCUT2D eigenvalue weighted by Gasteiger charge is -2.07. The van der Waals surface area contributed by atoms with Crippen LogP contribution >= 0.6 is 11.3 Å². The minimum Gasteiger partial charge on any atom is -0.351 e. The number of thiophene rings is 1. The van der Waals surface area contributed by atoms with Crippen LogP contribution < -0.4 is 10.9 Å². The van der Waals surface area contributed by atoms with E-state index in [-0.39, 0.29) is 11.5 Å². The highest BCUT2D eigenvalue weighted by Gasteiger charge is 2.19. The Morgan fingerprint density at radius 1 is 1.29 bits per heavy atom. The third kappa shape index (κ3) is 4.42. The maximum Gasteiger partial charge on any atom is 0.261 e. The van der Waals surface area contributed by atoms with E-state index in [1.807, 2.05) is 25.9 Å². The summed E-state index contributed by atoms with van der Waals surface area (Å²) < 4.78 is 0. The minimum atomic E-state index is -0.174. The first-order valence-electron chi connectivity index (χ1n) is 8.39. The molecule has 0 fully saturated rings. The molecule has 0 aliphatic carbocycles. The molecule has 6 nitrogen and oxygen atoms in total. The number of unbranched alkanes of at least 4 members (excludes halogenated alkanes) is 3. The molecule has 0 bridgehead atoms. The van der Waals surface area contributed by atoms with E-state index in [2.05, 4.69) is 22.2 Å². The largest absolute Gasteiger partial charge is 0.351 e. The molecule has 24 heavy (non-hydrogen) atoms. The Morgan fingerprint density at radius 3 is 2.71 bits per heavy atom. The number of rotatable bonds is 8. The van der Waals surface area contributed by atoms with Gasteiger partial charge in [-0.1, -0.05) is 26.2 Å². The van der Waals surface area contributed by atoms with Crippen molar-refractivity contribution in [3.05, 3.63) is 26.6 Å². The molecular formula is C17H26N4O2S. The van der Waals surface area contributed by atoms with Gasteiger partial charge in [-0.2, -0.15) is 0 Å². The van der Waals surface area contributed by atoms with Gasteiger partial charge in [0.15, 0.2) is 0 Å². The van der Waals surface area contributed by atoms with E-state index in [9.17, 15) is 9.59 Å². The number of carbonyl (C=O) groups is 1. The fourth-order valence-corrected chi connectivity index (χ4v) is 3.73. The molecule has 0 radical (unpaired) electrons. The van der Waals surface area contributed by atoms with Gasteiger partial charge >= 0.3 is 0 Å². The van der Waals surface area contributed by atoms with E-state index < -0.39 is 0 Å². The van der Waals surface area contributed by atoms with Crippen molar-refractivity contribution in [3.8, 4) is 0 Å². The standard InChI is InChI=1S/C17H26N4O2S/c1-5-6-7-8-9-18-16(23)14-11(2)13-15(22)19-12(10-21(3)4)20-17(13)24-14/h5-10H2,1-4H3,(H,18,23)(H,19,20,22). The van der Waals surface area contributed by atoms with E-state index in [4.69, 9.17) is 0 Å². The van der Waals surface area contributed by atoms with Crippen LogP contribution in [0.5, 0.6) is 0 Å². The molecule has 2 heterocycles. The second-order valence-electron chi connectivity index (χ2n) is 6.30. The number of aromatic amines is 1. The van der Waals surface area contributed by atoms with Gasteiger partial charge in [0.2, 0.25) is 0 Å². The van der Waals surface area contributed by atoms with E-state index in [1.165, 1.54) is 24.2 Å². The van der Waals surface area contributed by atoms with E-state index in [0.717, 1.165) is 12.8 Å². The zero-order valence-corrected chi connectivity index (χ0v) is 15.7. The number of carbonyl (C=O) groups excluding carboxylic acids is 1. The number of hydrogen-bond donors (Lipinski definition) is 2. The van der Waals surface area contributed by atoms with Crippen LogP contribution in [-0.4, -0.2) is 41.4 Å². The van der Waals surface area contributed by atoms with Gasteiger partial charge in [-0.3, -0.25) is 9.59 Å². The highest BCUT2D eigenvalue weighted by molar-refractivity contribution is 7.20. The quantitative estimate of drug-likeness (QED) is 0.718. The third-order valence-corrected chi connectivity index (χ3v) is 5.02. The summed E-state index contributed by atoms with van der Waals surface area (Å²) in [7, 11) is 3.84. The molecule has 1 amide bonds. The molecule has 2 aromatic heterocycles. The number of aryl methyl sites for hydroxylation is 1. The van der Waals surface area contributed by atoms with Crippen LogP contribution in [0.2, 0.25) is 0 Å². The number of hydrogen-bond acceptors (Lipinski definition) is 5. The van der Waals surface area contributed by atoms with Crippen LogP contribution in [0.1, 0.15) is 53.7 Å². The summed E-state index contributed by atoms with van der Waals surface area (Å²) in [6, 6.07) is 0. The molecular weight excluding hydrogens is 324 g/mol. The zero-order valence-electron chi connectivity index (χ0n) is 14.9. The van der Waals surface area contributed by atoms with Gasteiger partial charge in [0.25, 0.3) is 11.5 Å². The Hall–Kier alpha value is -1.73. The number of fused-ring (bicyclic) bond motifs is 1. The van der Waals surface area contributed by atoms with Crippen molar-refractivity contribution in [2.24, 2.45) is 0 Å². The van der Waals surface area contributed by atoms with Gasteiger partial charge in [-0.25, -0.2) is 4.98 Å². The third-order valence-electron chi connectivity index (χ3n) is 3.84. The molecule has 0 unspecified atom stereocenters. The molecule has 0 aliphatic rings. The zero-order chi connectivity index (χ0) is 17.7. The lowest BCUT2D eigenvalue weighted by Crippen LogP contribution is -2.24. The van der Waals surface area contributed by atoms with Crippen molar-refractivity contribution in [2.45, 2.75) is 46.1 Å². The van der Waals surface area contributed by atoms with Gasteiger partial charge in [-0.05, 0) is 33.0 Å². The molecule has 0 saturated carbocycles. The summed E-state index contributed by atoms with van der Waals surface area (Å²) in [5.41, 5.74) is 0.541. The first-order valence-corrected chi connectivity index (χ1v) is 9.21. The molecule has 0 atom stereocenters. The monoisotopic (exact) mass is 350 g/mol. The molecule has 0 spiro atoms. The molecule has 2 rings (SSSR count). The second-order valence-corrected chi connectivity index (χ2v) is 7.30. The smallest absolute Gasteiger partial charge is 0.261 e. The lowest BCUT2D eigenvalue weighted by molar-refractivity contribution is 0.0956. The van der Waals surface area contributed by atoms with Crippen molar-refractivity contribution < 1.29 is 4.79 Å². The summed E-state index contributed by atoms with van der Waals surface area (Å²) in [6.45, 7) is 5.20. The lowest BCUT2D eigenvalue weighted by atomic mass is 10.2. The van der Waals surface area contributed by atoms with Crippen molar-refractivity contribution >= 4 is 27.5 Å². The average molecular weight is 350 g/mol. The van der Waals surface area contributed by atoms with Gasteiger partial charge in [-0.15, -0.1) is 11.3 Å². The van der Waals surface area contributed by atoms with Gasteiger partial charge in [0, 0.05) is 6.54 Å². The molecule has 132 valence electrons. The average Bonchev–Trinajstić information content (AvgIpc) is 2.83. The van der Waals surface area contributed by atoms with Crippen LogP contribution in [0.25, 0.3) is 10.2 Å². The fourth-order valence-electron chi connectivity index (χ4n) is 2.61. The molecule has 2 aromatic rings. The van der Waals surface area contributed by atoms with Gasteiger partial charge in [0.1, 0.15) is 10.7 Å². The van der Waals surface area contributed by atoms with Crippen molar-refractivity contribution in [2.75, 3.05) is 20.6 Å². The number of nitrogens with zero attached hydrogens (tertiary/aromatic N) is 2. The van der Waals surface area contributed by atoms with Crippen molar-refractivity contribution in [3.63, 3.8) is 0 Å². The van der Waals surface area contributed by atoms with Crippen LogP contribution in [-0.2, 0) is 6.54 Å². The van der Waals surface area contributed by atoms with E-state index in [1.54, 1.807) is 0 Å². The number of aromatic nitrogens is 2. The topological polar surface area (TPSA) is 78.1 Å². The Balaban J connectivity index is 2.19. The highest BCUT2D eigenvalue weighted by Crippen LogP contribution is 2.26. The molecule has 7 heteroatoms. The maximum absolute atomic E-state index is 12.4. The summed E-state index contributed by atoms with van der Waals surface area (Å²) >= 11 is 1.29. The van der Waals surface area contributed by atoms with E-state index in [0.29, 0.717) is 39.6 Å². The molecule has 0 aromatic carbocycles. The maximum atomic E-state index is 12.4. The summed E-state index contributed by atoms with van der Waals surface area (Å²) in [6.07, 6.45) is 4.46. The predicted molar refractivity (Wildman–Crippen MR) is 98.8 cm³/mol.